The molecule has 3 nitrogen and oxygen atoms in total. The third-order valence-electron chi connectivity index (χ3n) is 2.52. The lowest BCUT2D eigenvalue weighted by molar-refractivity contribution is 0.102. The van der Waals surface area contributed by atoms with Gasteiger partial charge in [-0.15, -0.1) is 0 Å². The molecule has 0 atom stereocenters. The van der Waals surface area contributed by atoms with Gasteiger partial charge in [0, 0.05) is 11.3 Å². The maximum atomic E-state index is 12.7. The van der Waals surface area contributed by atoms with E-state index < -0.39 is 0 Å². The van der Waals surface area contributed by atoms with Gasteiger partial charge in [0.05, 0.1) is 12.1 Å². The number of halogens is 2. The minimum atomic E-state index is -0.356. The smallest absolute Gasteiger partial charge is 0.255 e. The number of anilines is 1. The molecular weight excluding hydrogens is 269 g/mol. The van der Waals surface area contributed by atoms with Gasteiger partial charge < -0.3 is 10.1 Å². The number of rotatable bonds is 3. The van der Waals surface area contributed by atoms with E-state index in [0.29, 0.717) is 22.0 Å². The SMILES string of the molecule is COc1ccc(C(=O)Nc2ccc(F)cc2)cc1Cl. The predicted octanol–water partition coefficient (Wildman–Crippen LogP) is 3.74. The number of amides is 1. The summed E-state index contributed by atoms with van der Waals surface area (Å²) in [5.74, 6) is -0.179. The molecule has 0 radical (unpaired) electrons. The van der Waals surface area contributed by atoms with Gasteiger partial charge >= 0.3 is 0 Å². The highest BCUT2D eigenvalue weighted by Crippen LogP contribution is 2.25. The Labute approximate surface area is 115 Å². The molecule has 0 unspecified atom stereocenters. The first-order valence-corrected chi connectivity index (χ1v) is 5.88. The van der Waals surface area contributed by atoms with E-state index in [-0.39, 0.29) is 11.7 Å². The number of carbonyl (C=O) groups is 1. The Morgan fingerprint density at radius 3 is 2.47 bits per heavy atom. The lowest BCUT2D eigenvalue weighted by atomic mass is 10.2. The van der Waals surface area contributed by atoms with Crippen molar-refractivity contribution in [2.45, 2.75) is 0 Å². The molecule has 98 valence electrons. The largest absolute Gasteiger partial charge is 0.495 e. The van der Waals surface area contributed by atoms with Crippen LogP contribution in [0.2, 0.25) is 5.02 Å². The van der Waals surface area contributed by atoms with Crippen LogP contribution in [-0.4, -0.2) is 13.0 Å². The predicted molar refractivity (Wildman–Crippen MR) is 72.4 cm³/mol. The number of ether oxygens (including phenoxy) is 1. The van der Waals surface area contributed by atoms with E-state index >= 15 is 0 Å². The summed E-state index contributed by atoms with van der Waals surface area (Å²) in [6, 6.07) is 10.2. The average molecular weight is 280 g/mol. The molecule has 0 heterocycles. The van der Waals surface area contributed by atoms with Crippen LogP contribution in [0.5, 0.6) is 5.75 Å². The van der Waals surface area contributed by atoms with E-state index in [1.807, 2.05) is 0 Å². The second-order valence-corrected chi connectivity index (χ2v) is 4.22. The molecule has 0 bridgehead atoms. The summed E-state index contributed by atoms with van der Waals surface area (Å²) in [5.41, 5.74) is 0.911. The minimum absolute atomic E-state index is 0.323. The highest BCUT2D eigenvalue weighted by molar-refractivity contribution is 6.32. The summed E-state index contributed by atoms with van der Waals surface area (Å²) >= 11 is 5.94. The zero-order chi connectivity index (χ0) is 13.8. The first kappa shape index (κ1) is 13.4. The molecular formula is C14H11ClFNO2. The van der Waals surface area contributed by atoms with Crippen LogP contribution in [0, 0.1) is 5.82 Å². The molecule has 0 aliphatic rings. The Bertz CT molecular complexity index is 599. The molecule has 0 aromatic heterocycles. The van der Waals surface area contributed by atoms with Gasteiger partial charge in [0.15, 0.2) is 0 Å². The monoisotopic (exact) mass is 279 g/mol. The second-order valence-electron chi connectivity index (χ2n) is 3.81. The van der Waals surface area contributed by atoms with Gasteiger partial charge in [0.2, 0.25) is 0 Å². The van der Waals surface area contributed by atoms with E-state index in [1.54, 1.807) is 12.1 Å². The fraction of sp³-hybridized carbons (Fsp3) is 0.0714. The van der Waals surface area contributed by atoms with Crippen LogP contribution in [0.3, 0.4) is 0 Å². The van der Waals surface area contributed by atoms with E-state index in [0.717, 1.165) is 0 Å². The highest BCUT2D eigenvalue weighted by atomic mass is 35.5. The fourth-order valence-electron chi connectivity index (χ4n) is 1.54. The zero-order valence-corrected chi connectivity index (χ0v) is 10.9. The van der Waals surface area contributed by atoms with Crippen LogP contribution in [0.15, 0.2) is 42.5 Å². The molecule has 0 aliphatic carbocycles. The first-order valence-electron chi connectivity index (χ1n) is 5.50. The van der Waals surface area contributed by atoms with E-state index in [9.17, 15) is 9.18 Å². The van der Waals surface area contributed by atoms with Crippen LogP contribution in [0.4, 0.5) is 10.1 Å². The third kappa shape index (κ3) is 3.23. The molecule has 0 spiro atoms. The Balaban J connectivity index is 2.16. The van der Waals surface area contributed by atoms with Crippen molar-refractivity contribution in [1.29, 1.82) is 0 Å². The van der Waals surface area contributed by atoms with Gasteiger partial charge in [-0.3, -0.25) is 4.79 Å². The lowest BCUT2D eigenvalue weighted by Gasteiger charge is -2.07. The number of hydrogen-bond acceptors (Lipinski definition) is 2. The first-order chi connectivity index (χ1) is 9.10. The third-order valence-corrected chi connectivity index (χ3v) is 2.81. The van der Waals surface area contributed by atoms with Crippen LogP contribution in [0.1, 0.15) is 10.4 Å². The van der Waals surface area contributed by atoms with Crippen molar-refractivity contribution >= 4 is 23.2 Å². The molecule has 1 amide bonds. The van der Waals surface area contributed by atoms with Crippen molar-refractivity contribution < 1.29 is 13.9 Å². The molecule has 2 aromatic carbocycles. The van der Waals surface area contributed by atoms with Crippen molar-refractivity contribution in [2.75, 3.05) is 12.4 Å². The van der Waals surface area contributed by atoms with Crippen molar-refractivity contribution in [1.82, 2.24) is 0 Å². The summed E-state index contributed by atoms with van der Waals surface area (Å²) in [7, 11) is 1.50. The maximum Gasteiger partial charge on any atom is 0.255 e. The van der Waals surface area contributed by atoms with Crippen molar-refractivity contribution in [2.24, 2.45) is 0 Å². The van der Waals surface area contributed by atoms with Gasteiger partial charge in [-0.25, -0.2) is 4.39 Å². The molecule has 1 N–H and O–H groups in total. The normalized spacial score (nSPS) is 10.1. The average Bonchev–Trinajstić information content (AvgIpc) is 2.41. The van der Waals surface area contributed by atoms with Crippen molar-refractivity contribution in [3.8, 4) is 5.75 Å². The fourth-order valence-corrected chi connectivity index (χ4v) is 1.80. The summed E-state index contributed by atoms with van der Waals surface area (Å²) in [6.45, 7) is 0. The molecule has 5 heteroatoms. The standard InChI is InChI=1S/C14H11ClFNO2/c1-19-13-7-2-9(8-12(13)15)14(18)17-11-5-3-10(16)4-6-11/h2-8H,1H3,(H,17,18). The molecule has 0 saturated carbocycles. The van der Waals surface area contributed by atoms with Gasteiger partial charge in [0.1, 0.15) is 11.6 Å². The summed E-state index contributed by atoms with van der Waals surface area (Å²) in [4.78, 5) is 11.9. The van der Waals surface area contributed by atoms with Gasteiger partial charge in [-0.05, 0) is 42.5 Å². The van der Waals surface area contributed by atoms with Crippen LogP contribution in [0.25, 0.3) is 0 Å². The van der Waals surface area contributed by atoms with Gasteiger partial charge in [0.25, 0.3) is 5.91 Å². The van der Waals surface area contributed by atoms with Crippen LogP contribution >= 0.6 is 11.6 Å². The quantitative estimate of drug-likeness (QED) is 0.929. The summed E-state index contributed by atoms with van der Waals surface area (Å²) in [5, 5.41) is 3.00. The van der Waals surface area contributed by atoms with Gasteiger partial charge in [-0.2, -0.15) is 0 Å². The molecule has 2 rings (SSSR count). The second kappa shape index (κ2) is 5.71. The Hall–Kier alpha value is -2.07. The Morgan fingerprint density at radius 1 is 1.21 bits per heavy atom. The number of hydrogen-bond donors (Lipinski definition) is 1. The van der Waals surface area contributed by atoms with Crippen molar-refractivity contribution in [3.05, 3.63) is 58.9 Å². The highest BCUT2D eigenvalue weighted by Gasteiger charge is 2.09. The van der Waals surface area contributed by atoms with E-state index in [2.05, 4.69) is 5.32 Å². The Kier molecular flexibility index (Phi) is 4.02. The van der Waals surface area contributed by atoms with Gasteiger partial charge in [-0.1, -0.05) is 11.6 Å². The number of nitrogens with one attached hydrogen (secondary N) is 1. The molecule has 2 aromatic rings. The minimum Gasteiger partial charge on any atom is -0.495 e. The molecule has 0 saturated heterocycles. The number of carbonyl (C=O) groups excluding carboxylic acids is 1. The molecule has 0 aliphatic heterocycles. The number of methoxy groups -OCH3 is 1. The van der Waals surface area contributed by atoms with Crippen molar-refractivity contribution in [3.63, 3.8) is 0 Å². The summed E-state index contributed by atoms with van der Waals surface area (Å²) < 4.78 is 17.7. The summed E-state index contributed by atoms with van der Waals surface area (Å²) in [6.07, 6.45) is 0. The van der Waals surface area contributed by atoms with E-state index in [4.69, 9.17) is 16.3 Å². The zero-order valence-electron chi connectivity index (χ0n) is 10.1. The maximum absolute atomic E-state index is 12.7. The van der Waals surface area contributed by atoms with Crippen LogP contribution < -0.4 is 10.1 Å². The van der Waals surface area contributed by atoms with Crippen LogP contribution in [-0.2, 0) is 0 Å². The molecule has 19 heavy (non-hydrogen) atoms. The van der Waals surface area contributed by atoms with E-state index in [1.165, 1.54) is 37.4 Å². The lowest BCUT2D eigenvalue weighted by Crippen LogP contribution is -2.11. The Morgan fingerprint density at radius 2 is 1.89 bits per heavy atom. The molecule has 0 fully saturated rings. The topological polar surface area (TPSA) is 38.3 Å². The number of benzene rings is 2.